The first-order valence-corrected chi connectivity index (χ1v) is 8.02. The Labute approximate surface area is 123 Å². The number of nitrogens with one attached hydrogen (secondary N) is 1. The van der Waals surface area contributed by atoms with Crippen LogP contribution in [0.1, 0.15) is 0 Å². The van der Waals surface area contributed by atoms with Crippen LogP contribution in [0.2, 0.25) is 5.02 Å². The summed E-state index contributed by atoms with van der Waals surface area (Å²) < 4.78 is 31.5. The highest BCUT2D eigenvalue weighted by Gasteiger charge is 2.10. The van der Waals surface area contributed by atoms with Crippen molar-refractivity contribution in [2.24, 2.45) is 0 Å². The van der Waals surface area contributed by atoms with Gasteiger partial charge in [0.25, 0.3) is 0 Å². The highest BCUT2D eigenvalue weighted by molar-refractivity contribution is 7.92. The number of benzene rings is 2. The molecular weight excluding hydrogens is 298 g/mol. The van der Waals surface area contributed by atoms with Crippen LogP contribution in [0.5, 0.6) is 5.75 Å². The summed E-state index contributed by atoms with van der Waals surface area (Å²) in [5, 5.41) is 0.556. The Bertz CT molecular complexity index is 642. The van der Waals surface area contributed by atoms with Crippen molar-refractivity contribution in [3.63, 3.8) is 0 Å². The molecule has 0 radical (unpaired) electrons. The molecule has 2 aromatic carbocycles. The molecule has 2 aromatic rings. The van der Waals surface area contributed by atoms with Crippen molar-refractivity contribution in [3.05, 3.63) is 59.6 Å². The molecular formula is C14H14ClNO3S. The van der Waals surface area contributed by atoms with Crippen LogP contribution < -0.4 is 9.46 Å². The van der Waals surface area contributed by atoms with E-state index in [1.165, 1.54) is 0 Å². The molecule has 2 rings (SSSR count). The molecule has 0 atom stereocenters. The molecule has 4 nitrogen and oxygen atoms in total. The Balaban J connectivity index is 1.86. The molecule has 20 heavy (non-hydrogen) atoms. The molecule has 0 amide bonds. The third-order valence-electron chi connectivity index (χ3n) is 2.48. The number of para-hydroxylation sites is 1. The van der Waals surface area contributed by atoms with E-state index in [1.807, 2.05) is 18.2 Å². The molecule has 0 fully saturated rings. The zero-order chi connectivity index (χ0) is 14.4. The fraction of sp³-hybridized carbons (Fsp3) is 0.143. The fourth-order valence-electron chi connectivity index (χ4n) is 1.53. The smallest absolute Gasteiger partial charge is 0.236 e. The van der Waals surface area contributed by atoms with Gasteiger partial charge in [0.15, 0.2) is 0 Å². The lowest BCUT2D eigenvalue weighted by Gasteiger charge is -2.09. The first kappa shape index (κ1) is 14.7. The quantitative estimate of drug-likeness (QED) is 0.891. The van der Waals surface area contributed by atoms with Crippen molar-refractivity contribution < 1.29 is 13.2 Å². The molecule has 0 saturated carbocycles. The molecule has 0 bridgehead atoms. The van der Waals surface area contributed by atoms with E-state index in [4.69, 9.17) is 16.3 Å². The average molecular weight is 312 g/mol. The van der Waals surface area contributed by atoms with Gasteiger partial charge in [-0.15, -0.1) is 0 Å². The van der Waals surface area contributed by atoms with Crippen molar-refractivity contribution in [2.75, 3.05) is 17.1 Å². The highest BCUT2D eigenvalue weighted by Crippen LogP contribution is 2.15. The summed E-state index contributed by atoms with van der Waals surface area (Å²) in [4.78, 5) is 0. The number of hydrogen-bond acceptors (Lipinski definition) is 3. The number of hydrogen-bond donors (Lipinski definition) is 1. The van der Waals surface area contributed by atoms with Gasteiger partial charge in [-0.1, -0.05) is 29.8 Å². The van der Waals surface area contributed by atoms with E-state index < -0.39 is 10.0 Å². The lowest BCUT2D eigenvalue weighted by atomic mass is 10.3. The Hall–Kier alpha value is -1.72. The van der Waals surface area contributed by atoms with Crippen molar-refractivity contribution in [2.45, 2.75) is 0 Å². The molecule has 0 spiro atoms. The molecule has 0 unspecified atom stereocenters. The zero-order valence-corrected chi connectivity index (χ0v) is 12.2. The van der Waals surface area contributed by atoms with Crippen LogP contribution in [0.3, 0.4) is 0 Å². The molecule has 6 heteroatoms. The summed E-state index contributed by atoms with van der Waals surface area (Å²) in [6.45, 7) is 0.0902. The van der Waals surface area contributed by atoms with Crippen molar-refractivity contribution in [3.8, 4) is 5.75 Å². The summed E-state index contributed by atoms with van der Waals surface area (Å²) in [7, 11) is -3.44. The third-order valence-corrected chi connectivity index (χ3v) is 3.98. The topological polar surface area (TPSA) is 55.4 Å². The van der Waals surface area contributed by atoms with E-state index in [1.54, 1.807) is 36.4 Å². The van der Waals surface area contributed by atoms with Crippen LogP contribution in [0.15, 0.2) is 54.6 Å². The SMILES string of the molecule is O=S(=O)(CCOc1ccccc1)Nc1ccc(Cl)cc1. The summed E-state index contributed by atoms with van der Waals surface area (Å²) >= 11 is 5.74. The first-order valence-electron chi connectivity index (χ1n) is 5.99. The zero-order valence-electron chi connectivity index (χ0n) is 10.6. The van der Waals surface area contributed by atoms with Crippen molar-refractivity contribution in [1.82, 2.24) is 0 Å². The normalized spacial score (nSPS) is 11.1. The maximum Gasteiger partial charge on any atom is 0.236 e. The second-order valence-electron chi connectivity index (χ2n) is 4.09. The molecule has 1 N–H and O–H groups in total. The number of ether oxygens (including phenoxy) is 1. The molecule has 0 aliphatic heterocycles. The second kappa shape index (κ2) is 6.63. The summed E-state index contributed by atoms with van der Waals surface area (Å²) in [6.07, 6.45) is 0. The Kier molecular flexibility index (Phi) is 4.87. The number of rotatable bonds is 6. The summed E-state index contributed by atoms with van der Waals surface area (Å²) in [5.41, 5.74) is 0.481. The van der Waals surface area contributed by atoms with Crippen LogP contribution in [0, 0.1) is 0 Å². The standard InChI is InChI=1S/C14H14ClNO3S/c15-12-6-8-13(9-7-12)16-20(17,18)11-10-19-14-4-2-1-3-5-14/h1-9,16H,10-11H2. The van der Waals surface area contributed by atoms with E-state index in [0.717, 1.165) is 0 Å². The maximum absolute atomic E-state index is 11.9. The lowest BCUT2D eigenvalue weighted by Crippen LogP contribution is -2.21. The van der Waals surface area contributed by atoms with Gasteiger partial charge in [0, 0.05) is 10.7 Å². The molecule has 106 valence electrons. The predicted octanol–water partition coefficient (Wildman–Crippen LogP) is 3.16. The third kappa shape index (κ3) is 4.75. The minimum absolute atomic E-state index is 0.0902. The van der Waals surface area contributed by atoms with E-state index in [9.17, 15) is 8.42 Å². The molecule has 0 aromatic heterocycles. The van der Waals surface area contributed by atoms with Gasteiger partial charge in [0.2, 0.25) is 10.0 Å². The van der Waals surface area contributed by atoms with Gasteiger partial charge in [-0.25, -0.2) is 8.42 Å². The van der Waals surface area contributed by atoms with Crippen LogP contribution in [-0.4, -0.2) is 20.8 Å². The van der Waals surface area contributed by atoms with Crippen molar-refractivity contribution in [1.29, 1.82) is 0 Å². The molecule has 0 heterocycles. The lowest BCUT2D eigenvalue weighted by molar-refractivity contribution is 0.341. The van der Waals surface area contributed by atoms with Gasteiger partial charge >= 0.3 is 0 Å². The summed E-state index contributed by atoms with van der Waals surface area (Å²) in [6, 6.07) is 15.5. The van der Waals surface area contributed by atoms with Gasteiger partial charge in [-0.05, 0) is 36.4 Å². The summed E-state index contributed by atoms with van der Waals surface area (Å²) in [5.74, 6) is 0.527. The van der Waals surface area contributed by atoms with Crippen LogP contribution in [0.25, 0.3) is 0 Å². The van der Waals surface area contributed by atoms with Crippen LogP contribution in [-0.2, 0) is 10.0 Å². The minimum Gasteiger partial charge on any atom is -0.492 e. The number of sulfonamides is 1. The fourth-order valence-corrected chi connectivity index (χ4v) is 2.56. The molecule has 0 aliphatic carbocycles. The van der Waals surface area contributed by atoms with E-state index in [2.05, 4.69) is 4.72 Å². The van der Waals surface area contributed by atoms with Gasteiger partial charge in [-0.2, -0.15) is 0 Å². The number of halogens is 1. The predicted molar refractivity (Wildman–Crippen MR) is 80.8 cm³/mol. The second-order valence-corrected chi connectivity index (χ2v) is 6.37. The Morgan fingerprint density at radius 1 is 1.00 bits per heavy atom. The van der Waals surface area contributed by atoms with Gasteiger partial charge in [-0.3, -0.25) is 4.72 Å². The van der Waals surface area contributed by atoms with Crippen LogP contribution >= 0.6 is 11.6 Å². The molecule has 0 aliphatic rings. The van der Waals surface area contributed by atoms with Gasteiger partial charge in [0.1, 0.15) is 18.1 Å². The number of anilines is 1. The first-order chi connectivity index (χ1) is 9.55. The van der Waals surface area contributed by atoms with E-state index in [-0.39, 0.29) is 12.4 Å². The van der Waals surface area contributed by atoms with Gasteiger partial charge < -0.3 is 4.74 Å². The van der Waals surface area contributed by atoms with E-state index in [0.29, 0.717) is 16.5 Å². The maximum atomic E-state index is 11.9. The average Bonchev–Trinajstić information content (AvgIpc) is 2.42. The monoisotopic (exact) mass is 311 g/mol. The van der Waals surface area contributed by atoms with E-state index >= 15 is 0 Å². The Morgan fingerprint density at radius 3 is 2.30 bits per heavy atom. The highest BCUT2D eigenvalue weighted by atomic mass is 35.5. The van der Waals surface area contributed by atoms with Gasteiger partial charge in [0.05, 0.1) is 0 Å². The van der Waals surface area contributed by atoms with Crippen molar-refractivity contribution >= 4 is 27.3 Å². The largest absolute Gasteiger partial charge is 0.492 e. The van der Waals surface area contributed by atoms with Crippen LogP contribution in [0.4, 0.5) is 5.69 Å². The minimum atomic E-state index is -3.44. The Morgan fingerprint density at radius 2 is 1.65 bits per heavy atom. The molecule has 0 saturated heterocycles.